The minimum absolute atomic E-state index is 0.106. The lowest BCUT2D eigenvalue weighted by Crippen LogP contribution is -2.31. The molecule has 1 amide bonds. The maximum atomic E-state index is 12.3. The Balaban J connectivity index is 1.53. The fourth-order valence-electron chi connectivity index (χ4n) is 2.84. The summed E-state index contributed by atoms with van der Waals surface area (Å²) in [6, 6.07) is 11.7. The van der Waals surface area contributed by atoms with Gasteiger partial charge in [-0.15, -0.1) is 0 Å². The van der Waals surface area contributed by atoms with Crippen LogP contribution in [0.15, 0.2) is 42.5 Å². The second kappa shape index (κ2) is 8.89. The zero-order chi connectivity index (χ0) is 20.1. The summed E-state index contributed by atoms with van der Waals surface area (Å²) >= 11 is 5.98. The van der Waals surface area contributed by atoms with Crippen molar-refractivity contribution < 1.29 is 23.9 Å². The first-order valence-corrected chi connectivity index (χ1v) is 9.35. The van der Waals surface area contributed by atoms with Crippen LogP contribution in [0.5, 0.6) is 5.75 Å². The van der Waals surface area contributed by atoms with Crippen molar-refractivity contribution in [2.45, 2.75) is 19.8 Å². The monoisotopic (exact) mass is 401 g/mol. The molecule has 7 heteroatoms. The molecule has 1 heterocycles. The number of anilines is 1. The van der Waals surface area contributed by atoms with Gasteiger partial charge in [0.2, 0.25) is 5.91 Å². The normalized spacial score (nSPS) is 15.1. The van der Waals surface area contributed by atoms with Gasteiger partial charge >= 0.3 is 5.97 Å². The molecule has 1 N–H and O–H groups in total. The summed E-state index contributed by atoms with van der Waals surface area (Å²) in [5.74, 6) is -0.677. The molecule has 0 spiro atoms. The van der Waals surface area contributed by atoms with Crippen LogP contribution in [0.4, 0.5) is 5.69 Å². The molecule has 2 aromatic carbocycles. The molecule has 0 radical (unpaired) electrons. The van der Waals surface area contributed by atoms with E-state index < -0.39 is 11.9 Å². The fraction of sp³-hybridized carbons (Fsp3) is 0.286. The van der Waals surface area contributed by atoms with Gasteiger partial charge in [0.1, 0.15) is 12.4 Å². The first-order valence-electron chi connectivity index (χ1n) is 8.97. The van der Waals surface area contributed by atoms with Gasteiger partial charge in [-0.1, -0.05) is 18.5 Å². The van der Waals surface area contributed by atoms with E-state index in [0.29, 0.717) is 34.9 Å². The van der Waals surface area contributed by atoms with E-state index in [1.54, 1.807) is 49.4 Å². The van der Waals surface area contributed by atoms with Crippen molar-refractivity contribution >= 4 is 34.9 Å². The predicted octanol–water partition coefficient (Wildman–Crippen LogP) is 3.67. The Bertz CT molecular complexity index is 894. The Labute approximate surface area is 167 Å². The van der Waals surface area contributed by atoms with Gasteiger partial charge in [-0.3, -0.25) is 14.4 Å². The van der Waals surface area contributed by atoms with Gasteiger partial charge < -0.3 is 14.8 Å². The molecule has 6 nitrogen and oxygen atoms in total. The number of esters is 1. The van der Waals surface area contributed by atoms with Crippen LogP contribution in [0.25, 0.3) is 0 Å². The molecule has 3 rings (SSSR count). The van der Waals surface area contributed by atoms with Gasteiger partial charge in [0, 0.05) is 22.7 Å². The van der Waals surface area contributed by atoms with E-state index in [4.69, 9.17) is 21.1 Å². The predicted molar refractivity (Wildman–Crippen MR) is 105 cm³/mol. The van der Waals surface area contributed by atoms with Gasteiger partial charge in [-0.2, -0.15) is 0 Å². The summed E-state index contributed by atoms with van der Waals surface area (Å²) in [6.45, 7) is 1.61. The van der Waals surface area contributed by atoms with Crippen molar-refractivity contribution in [3.05, 3.63) is 58.6 Å². The molecular weight excluding hydrogens is 382 g/mol. The number of amides is 1. The molecule has 1 aliphatic rings. The maximum Gasteiger partial charge on any atom is 0.313 e. The zero-order valence-electron chi connectivity index (χ0n) is 15.4. The van der Waals surface area contributed by atoms with Gasteiger partial charge in [-0.25, -0.2) is 0 Å². The first-order chi connectivity index (χ1) is 13.5. The quantitative estimate of drug-likeness (QED) is 0.590. The SMILES string of the molecule is CCC(=O)Nc1ccc(C(=O)COC(=O)[C@@H]2COc3ccc(Cl)cc3C2)cc1. The number of ether oxygens (including phenoxy) is 2. The van der Waals surface area contributed by atoms with Crippen molar-refractivity contribution in [2.75, 3.05) is 18.5 Å². The molecule has 0 aromatic heterocycles. The fourth-order valence-corrected chi connectivity index (χ4v) is 3.04. The minimum atomic E-state index is -0.481. The molecule has 2 aromatic rings. The Kier molecular flexibility index (Phi) is 6.31. The van der Waals surface area contributed by atoms with E-state index in [1.165, 1.54) is 0 Å². The van der Waals surface area contributed by atoms with Crippen molar-refractivity contribution in [1.29, 1.82) is 0 Å². The number of halogens is 1. The smallest absolute Gasteiger partial charge is 0.313 e. The first kappa shape index (κ1) is 19.9. The minimum Gasteiger partial charge on any atom is -0.492 e. The number of carbonyl (C=O) groups excluding carboxylic acids is 3. The summed E-state index contributed by atoms with van der Waals surface area (Å²) < 4.78 is 10.8. The van der Waals surface area contributed by atoms with E-state index in [9.17, 15) is 14.4 Å². The number of hydrogen-bond acceptors (Lipinski definition) is 5. The molecule has 1 aliphatic heterocycles. The molecule has 146 valence electrons. The van der Waals surface area contributed by atoms with Crippen molar-refractivity contribution in [3.63, 3.8) is 0 Å². The Hall–Kier alpha value is -2.86. The number of benzene rings is 2. The van der Waals surface area contributed by atoms with Crippen molar-refractivity contribution in [2.24, 2.45) is 5.92 Å². The molecule has 1 atom stereocenters. The average Bonchev–Trinajstić information content (AvgIpc) is 2.71. The second-order valence-corrected chi connectivity index (χ2v) is 6.91. The molecule has 0 unspecified atom stereocenters. The van der Waals surface area contributed by atoms with Gasteiger partial charge in [0.05, 0.1) is 5.92 Å². The molecular formula is C21H20ClNO5. The topological polar surface area (TPSA) is 81.7 Å². The van der Waals surface area contributed by atoms with E-state index in [1.807, 2.05) is 0 Å². The van der Waals surface area contributed by atoms with Crippen molar-refractivity contribution in [1.82, 2.24) is 0 Å². The lowest BCUT2D eigenvalue weighted by Gasteiger charge is -2.24. The Morgan fingerprint density at radius 3 is 2.64 bits per heavy atom. The van der Waals surface area contributed by atoms with Gasteiger partial charge in [-0.05, 0) is 54.4 Å². The van der Waals surface area contributed by atoms with Crippen LogP contribution >= 0.6 is 11.6 Å². The number of Topliss-reactive ketones (excluding diaryl/α,β-unsaturated/α-hetero) is 1. The Morgan fingerprint density at radius 1 is 1.18 bits per heavy atom. The van der Waals surface area contributed by atoms with E-state index in [-0.39, 0.29) is 24.9 Å². The van der Waals surface area contributed by atoms with Crippen LogP contribution in [-0.4, -0.2) is 30.9 Å². The summed E-state index contributed by atoms with van der Waals surface area (Å²) in [5, 5.41) is 3.28. The van der Waals surface area contributed by atoms with Crippen LogP contribution in [0.1, 0.15) is 29.3 Å². The van der Waals surface area contributed by atoms with Gasteiger partial charge in [0.25, 0.3) is 0 Å². The van der Waals surface area contributed by atoms with E-state index in [0.717, 1.165) is 5.56 Å². The number of hydrogen-bond donors (Lipinski definition) is 1. The highest BCUT2D eigenvalue weighted by Crippen LogP contribution is 2.30. The summed E-state index contributed by atoms with van der Waals surface area (Å²) in [6.07, 6.45) is 0.826. The Morgan fingerprint density at radius 2 is 1.93 bits per heavy atom. The third-order valence-electron chi connectivity index (χ3n) is 4.42. The average molecular weight is 402 g/mol. The number of rotatable bonds is 6. The largest absolute Gasteiger partial charge is 0.492 e. The van der Waals surface area contributed by atoms with Crippen molar-refractivity contribution in [3.8, 4) is 5.75 Å². The van der Waals surface area contributed by atoms with E-state index in [2.05, 4.69) is 5.32 Å². The number of nitrogens with one attached hydrogen (secondary N) is 1. The zero-order valence-corrected chi connectivity index (χ0v) is 16.1. The van der Waals surface area contributed by atoms with Gasteiger partial charge in [0.15, 0.2) is 12.4 Å². The highest BCUT2D eigenvalue weighted by Gasteiger charge is 2.28. The lowest BCUT2D eigenvalue weighted by molar-refractivity contribution is -0.148. The van der Waals surface area contributed by atoms with Crippen LogP contribution in [-0.2, 0) is 20.7 Å². The van der Waals surface area contributed by atoms with E-state index >= 15 is 0 Å². The van der Waals surface area contributed by atoms with Crippen LogP contribution in [0.3, 0.4) is 0 Å². The molecule has 0 saturated carbocycles. The third kappa shape index (κ3) is 4.89. The standard InChI is InChI=1S/C21H20ClNO5/c1-2-20(25)23-17-6-3-13(4-7-17)18(24)12-28-21(26)15-9-14-10-16(22)5-8-19(14)27-11-15/h3-8,10,15H,2,9,11-12H2,1H3,(H,23,25)/t15-/m0/s1. The third-order valence-corrected chi connectivity index (χ3v) is 4.65. The summed E-state index contributed by atoms with van der Waals surface area (Å²) in [5.41, 5.74) is 1.85. The molecule has 0 bridgehead atoms. The lowest BCUT2D eigenvalue weighted by atomic mass is 9.97. The summed E-state index contributed by atoms with van der Waals surface area (Å²) in [7, 11) is 0. The number of ketones is 1. The second-order valence-electron chi connectivity index (χ2n) is 6.47. The highest BCUT2D eigenvalue weighted by atomic mass is 35.5. The van der Waals surface area contributed by atoms with Crippen LogP contribution in [0, 0.1) is 5.92 Å². The molecule has 0 fully saturated rings. The highest BCUT2D eigenvalue weighted by molar-refractivity contribution is 6.30. The maximum absolute atomic E-state index is 12.3. The van der Waals surface area contributed by atoms with Crippen LogP contribution < -0.4 is 10.1 Å². The number of carbonyl (C=O) groups is 3. The summed E-state index contributed by atoms with van der Waals surface area (Å²) in [4.78, 5) is 35.9. The number of fused-ring (bicyclic) bond motifs is 1. The molecule has 0 aliphatic carbocycles. The molecule has 0 saturated heterocycles. The van der Waals surface area contributed by atoms with Crippen LogP contribution in [0.2, 0.25) is 5.02 Å². The molecule has 28 heavy (non-hydrogen) atoms.